The molecule has 4 heteroatoms. The van der Waals surface area contributed by atoms with Gasteiger partial charge in [-0.05, 0) is 33.7 Å². The summed E-state index contributed by atoms with van der Waals surface area (Å²) in [4.78, 5) is 22.1. The average molecular weight is 307 g/mol. The fraction of sp³-hybridized carbons (Fsp3) is 0. The standard InChI is InChI=1S/C16H10O2.2ClH/c17-9-14-6-5-13-7-11-3-1-2-4-12(11)8-15(13)16(14)10-18;;/h1-10H;2*1H. The molecule has 0 bridgehead atoms. The third-order valence-corrected chi connectivity index (χ3v) is 3.21. The van der Waals surface area contributed by atoms with Crippen LogP contribution < -0.4 is 0 Å². The van der Waals surface area contributed by atoms with Crippen molar-refractivity contribution in [2.75, 3.05) is 0 Å². The van der Waals surface area contributed by atoms with Gasteiger partial charge in [-0.2, -0.15) is 0 Å². The molecule has 0 amide bonds. The van der Waals surface area contributed by atoms with E-state index in [9.17, 15) is 9.59 Å². The van der Waals surface area contributed by atoms with Crippen molar-refractivity contribution in [1.29, 1.82) is 0 Å². The largest absolute Gasteiger partial charge is 0.298 e. The van der Waals surface area contributed by atoms with Gasteiger partial charge in [-0.3, -0.25) is 9.59 Å². The van der Waals surface area contributed by atoms with Crippen LogP contribution in [0.15, 0.2) is 48.5 Å². The van der Waals surface area contributed by atoms with Gasteiger partial charge in [0, 0.05) is 11.1 Å². The van der Waals surface area contributed by atoms with Gasteiger partial charge in [0.25, 0.3) is 0 Å². The quantitative estimate of drug-likeness (QED) is 0.517. The molecule has 0 atom stereocenters. The van der Waals surface area contributed by atoms with Crippen molar-refractivity contribution in [3.8, 4) is 0 Å². The molecule has 20 heavy (non-hydrogen) atoms. The van der Waals surface area contributed by atoms with E-state index in [1.54, 1.807) is 6.07 Å². The first-order chi connectivity index (χ1) is 8.83. The fourth-order valence-corrected chi connectivity index (χ4v) is 2.29. The second-order valence-corrected chi connectivity index (χ2v) is 4.22. The third kappa shape index (κ3) is 2.53. The normalized spacial score (nSPS) is 9.60. The number of halogens is 2. The minimum absolute atomic E-state index is 0. The summed E-state index contributed by atoms with van der Waals surface area (Å²) in [5.74, 6) is 0. The fourth-order valence-electron chi connectivity index (χ4n) is 2.29. The van der Waals surface area contributed by atoms with Gasteiger partial charge in [0.1, 0.15) is 0 Å². The van der Waals surface area contributed by atoms with Crippen molar-refractivity contribution in [2.24, 2.45) is 0 Å². The summed E-state index contributed by atoms with van der Waals surface area (Å²) < 4.78 is 0. The number of benzene rings is 3. The molecule has 0 aromatic heterocycles. The Morgan fingerprint density at radius 3 is 1.95 bits per heavy atom. The smallest absolute Gasteiger partial charge is 0.151 e. The molecule has 0 saturated heterocycles. The predicted octanol–water partition coefficient (Wildman–Crippen LogP) is 4.46. The number of aldehydes is 2. The van der Waals surface area contributed by atoms with Crippen LogP contribution in [0.25, 0.3) is 21.5 Å². The summed E-state index contributed by atoms with van der Waals surface area (Å²) >= 11 is 0. The highest BCUT2D eigenvalue weighted by Crippen LogP contribution is 2.26. The van der Waals surface area contributed by atoms with E-state index >= 15 is 0 Å². The molecule has 102 valence electrons. The highest BCUT2D eigenvalue weighted by molar-refractivity contribution is 6.09. The van der Waals surface area contributed by atoms with Crippen LogP contribution in [0.3, 0.4) is 0 Å². The summed E-state index contributed by atoms with van der Waals surface area (Å²) in [6, 6.07) is 15.5. The zero-order chi connectivity index (χ0) is 12.5. The van der Waals surface area contributed by atoms with Gasteiger partial charge >= 0.3 is 0 Å². The molecule has 3 rings (SSSR count). The molecule has 0 radical (unpaired) electrons. The van der Waals surface area contributed by atoms with Crippen molar-refractivity contribution in [2.45, 2.75) is 0 Å². The summed E-state index contributed by atoms with van der Waals surface area (Å²) in [5.41, 5.74) is 0.904. The molecule has 0 heterocycles. The van der Waals surface area contributed by atoms with Crippen LogP contribution >= 0.6 is 24.8 Å². The van der Waals surface area contributed by atoms with Gasteiger partial charge in [0.15, 0.2) is 12.6 Å². The number of hydrogen-bond donors (Lipinski definition) is 0. The summed E-state index contributed by atoms with van der Waals surface area (Å²) in [6.45, 7) is 0. The Balaban J connectivity index is 0.000001000. The first-order valence-electron chi connectivity index (χ1n) is 5.69. The van der Waals surface area contributed by atoms with Crippen LogP contribution in [0, 0.1) is 0 Å². The number of carbonyl (C=O) groups is 2. The Morgan fingerprint density at radius 1 is 0.700 bits per heavy atom. The summed E-state index contributed by atoms with van der Waals surface area (Å²) in [7, 11) is 0. The zero-order valence-electron chi connectivity index (χ0n) is 10.4. The van der Waals surface area contributed by atoms with Gasteiger partial charge < -0.3 is 0 Å². The number of carbonyl (C=O) groups excluding carboxylic acids is 2. The average Bonchev–Trinajstić information content (AvgIpc) is 2.43. The molecule has 0 N–H and O–H groups in total. The van der Waals surface area contributed by atoms with Crippen molar-refractivity contribution in [3.63, 3.8) is 0 Å². The van der Waals surface area contributed by atoms with Gasteiger partial charge in [-0.1, -0.05) is 36.4 Å². The highest BCUT2D eigenvalue weighted by Gasteiger charge is 2.07. The molecule has 0 aliphatic heterocycles. The van der Waals surface area contributed by atoms with E-state index in [-0.39, 0.29) is 24.8 Å². The van der Waals surface area contributed by atoms with Crippen LogP contribution in [-0.2, 0) is 0 Å². The number of rotatable bonds is 2. The van der Waals surface area contributed by atoms with E-state index in [0.29, 0.717) is 11.1 Å². The van der Waals surface area contributed by atoms with Crippen LogP contribution in [-0.4, -0.2) is 12.6 Å². The SMILES string of the molecule is Cl.Cl.O=Cc1ccc2cc3ccccc3cc2c1C=O. The van der Waals surface area contributed by atoms with Crippen LogP contribution in [0.1, 0.15) is 20.7 Å². The Labute approximate surface area is 128 Å². The van der Waals surface area contributed by atoms with Gasteiger partial charge in [0.2, 0.25) is 0 Å². The Bertz CT molecular complexity index is 782. The van der Waals surface area contributed by atoms with Crippen molar-refractivity contribution >= 4 is 58.9 Å². The van der Waals surface area contributed by atoms with E-state index in [1.165, 1.54) is 0 Å². The number of fused-ring (bicyclic) bond motifs is 2. The molecule has 3 aromatic rings. The number of hydrogen-bond acceptors (Lipinski definition) is 2. The molecule has 0 spiro atoms. The maximum Gasteiger partial charge on any atom is 0.151 e. The van der Waals surface area contributed by atoms with Crippen molar-refractivity contribution in [1.82, 2.24) is 0 Å². The van der Waals surface area contributed by atoms with Crippen LogP contribution in [0.5, 0.6) is 0 Å². The summed E-state index contributed by atoms with van der Waals surface area (Å²) in [6.07, 6.45) is 1.47. The monoisotopic (exact) mass is 306 g/mol. The maximum atomic E-state index is 11.2. The van der Waals surface area contributed by atoms with Gasteiger partial charge in [-0.15, -0.1) is 24.8 Å². The maximum absolute atomic E-state index is 11.2. The molecule has 0 saturated carbocycles. The molecule has 0 aliphatic rings. The van der Waals surface area contributed by atoms with Crippen molar-refractivity contribution < 1.29 is 9.59 Å². The predicted molar refractivity (Wildman–Crippen MR) is 86.7 cm³/mol. The third-order valence-electron chi connectivity index (χ3n) is 3.21. The lowest BCUT2D eigenvalue weighted by molar-refractivity contribution is 0.109. The summed E-state index contributed by atoms with van der Waals surface area (Å²) in [5, 5.41) is 3.99. The minimum Gasteiger partial charge on any atom is -0.298 e. The zero-order valence-corrected chi connectivity index (χ0v) is 12.0. The highest BCUT2D eigenvalue weighted by atomic mass is 35.5. The second kappa shape index (κ2) is 6.51. The van der Waals surface area contributed by atoms with Gasteiger partial charge in [0.05, 0.1) is 0 Å². The molecular weight excluding hydrogens is 295 g/mol. The van der Waals surface area contributed by atoms with Crippen LogP contribution in [0.2, 0.25) is 0 Å². The molecular formula is C16H12Cl2O2. The van der Waals surface area contributed by atoms with E-state index in [2.05, 4.69) is 0 Å². The topological polar surface area (TPSA) is 34.1 Å². The Kier molecular flexibility index (Phi) is 5.26. The first-order valence-corrected chi connectivity index (χ1v) is 5.69. The van der Waals surface area contributed by atoms with Crippen LogP contribution in [0.4, 0.5) is 0 Å². The molecule has 0 unspecified atom stereocenters. The molecule has 0 aliphatic carbocycles. The Morgan fingerprint density at radius 2 is 1.35 bits per heavy atom. The van der Waals surface area contributed by atoms with Crippen molar-refractivity contribution in [3.05, 3.63) is 59.7 Å². The lowest BCUT2D eigenvalue weighted by Gasteiger charge is -2.06. The first kappa shape index (κ1) is 16.2. The minimum atomic E-state index is 0. The second-order valence-electron chi connectivity index (χ2n) is 4.22. The van der Waals surface area contributed by atoms with E-state index in [4.69, 9.17) is 0 Å². The van der Waals surface area contributed by atoms with E-state index in [1.807, 2.05) is 42.5 Å². The Hall–Kier alpha value is -1.90. The lowest BCUT2D eigenvalue weighted by Crippen LogP contribution is -1.92. The lowest BCUT2D eigenvalue weighted by atomic mass is 9.97. The van der Waals surface area contributed by atoms with Gasteiger partial charge in [-0.25, -0.2) is 0 Å². The molecule has 3 aromatic carbocycles. The van der Waals surface area contributed by atoms with E-state index < -0.39 is 0 Å². The molecule has 2 nitrogen and oxygen atoms in total. The molecule has 0 fully saturated rings. The van der Waals surface area contributed by atoms with E-state index in [0.717, 1.165) is 34.1 Å².